The van der Waals surface area contributed by atoms with Crippen LogP contribution in [0.1, 0.15) is 42.5 Å². The Kier molecular flexibility index (Phi) is 3.90. The molecule has 0 aliphatic carbocycles. The van der Waals surface area contributed by atoms with Crippen LogP contribution >= 0.6 is 0 Å². The Hall–Kier alpha value is -1.82. The summed E-state index contributed by atoms with van der Waals surface area (Å²) < 4.78 is 0. The molecule has 0 heterocycles. The number of benzene rings is 2. The van der Waals surface area contributed by atoms with Gasteiger partial charge in [-0.05, 0) is 53.3 Å². The van der Waals surface area contributed by atoms with E-state index in [4.69, 9.17) is 0 Å². The van der Waals surface area contributed by atoms with Crippen LogP contribution in [0.3, 0.4) is 0 Å². The Morgan fingerprint density at radius 3 is 2.47 bits per heavy atom. The summed E-state index contributed by atoms with van der Waals surface area (Å²) in [7, 11) is 0. The third-order valence-electron chi connectivity index (χ3n) is 3.69. The quantitative estimate of drug-likeness (QED) is 0.645. The molecule has 0 saturated heterocycles. The topological polar surface area (TPSA) is 0 Å². The van der Waals surface area contributed by atoms with Crippen molar-refractivity contribution in [2.75, 3.05) is 0 Å². The maximum Gasteiger partial charge on any atom is -0.00682 e. The Morgan fingerprint density at radius 1 is 1.16 bits per heavy atom. The number of rotatable bonds is 4. The van der Waals surface area contributed by atoms with E-state index in [2.05, 4.69) is 58.2 Å². The van der Waals surface area contributed by atoms with Crippen molar-refractivity contribution in [1.82, 2.24) is 0 Å². The first-order valence-corrected chi connectivity index (χ1v) is 6.93. The molecule has 0 heteroatoms. The van der Waals surface area contributed by atoms with Crippen molar-refractivity contribution < 1.29 is 0 Å². The van der Waals surface area contributed by atoms with Gasteiger partial charge in [-0.25, -0.2) is 0 Å². The first kappa shape index (κ1) is 13.6. The van der Waals surface area contributed by atoms with E-state index < -0.39 is 0 Å². The lowest BCUT2D eigenvalue weighted by atomic mass is 9.89. The molecule has 2 aromatic carbocycles. The molecule has 0 spiro atoms. The highest BCUT2D eigenvalue weighted by atomic mass is 14.1. The van der Waals surface area contributed by atoms with Crippen molar-refractivity contribution in [1.29, 1.82) is 0 Å². The molecule has 0 aromatic heterocycles. The third-order valence-corrected chi connectivity index (χ3v) is 3.69. The summed E-state index contributed by atoms with van der Waals surface area (Å²) in [6.07, 6.45) is 4.22. The summed E-state index contributed by atoms with van der Waals surface area (Å²) >= 11 is 0. The van der Waals surface area contributed by atoms with E-state index in [0.29, 0.717) is 0 Å². The second kappa shape index (κ2) is 5.44. The maximum atomic E-state index is 4.14. The van der Waals surface area contributed by atoms with Crippen LogP contribution in [-0.4, -0.2) is 0 Å². The van der Waals surface area contributed by atoms with E-state index in [1.807, 2.05) is 6.08 Å². The van der Waals surface area contributed by atoms with E-state index in [9.17, 15) is 0 Å². The second-order valence-corrected chi connectivity index (χ2v) is 5.23. The highest BCUT2D eigenvalue weighted by molar-refractivity contribution is 6.01. The Labute approximate surface area is 116 Å². The van der Waals surface area contributed by atoms with Crippen LogP contribution in [0.25, 0.3) is 22.4 Å². The first-order valence-electron chi connectivity index (χ1n) is 6.93. The molecule has 0 aliphatic heterocycles. The molecule has 0 unspecified atom stereocenters. The van der Waals surface area contributed by atoms with Gasteiger partial charge in [0.15, 0.2) is 0 Å². The molecule has 0 amide bonds. The molecule has 0 nitrogen and oxygen atoms in total. The van der Waals surface area contributed by atoms with Gasteiger partial charge in [0.2, 0.25) is 0 Å². The smallest absolute Gasteiger partial charge is 0.00682 e. The molecule has 0 N–H and O–H groups in total. The van der Waals surface area contributed by atoms with Crippen LogP contribution in [0.5, 0.6) is 0 Å². The van der Waals surface area contributed by atoms with Gasteiger partial charge in [-0.3, -0.25) is 0 Å². The summed E-state index contributed by atoms with van der Waals surface area (Å²) in [6.45, 7) is 14.6. The molecule has 19 heavy (non-hydrogen) atoms. The summed E-state index contributed by atoms with van der Waals surface area (Å²) in [6, 6.07) is 8.82. The van der Waals surface area contributed by atoms with Gasteiger partial charge in [-0.2, -0.15) is 0 Å². The van der Waals surface area contributed by atoms with Crippen molar-refractivity contribution in [2.45, 2.75) is 33.6 Å². The molecule has 98 valence electrons. The molecule has 2 rings (SSSR count). The number of allylic oxidation sites excluding steroid dienone is 1. The van der Waals surface area contributed by atoms with Gasteiger partial charge < -0.3 is 0 Å². The average molecular weight is 250 g/mol. The number of aryl methyl sites for hydroxylation is 2. The SMILES string of the molecule is C=Cc1ccc(C(=C)C)c2c(CCC)ccc(C)c12. The van der Waals surface area contributed by atoms with Crippen LogP contribution in [0.15, 0.2) is 37.4 Å². The van der Waals surface area contributed by atoms with E-state index in [1.165, 1.54) is 33.0 Å². The summed E-state index contributed by atoms with van der Waals surface area (Å²) in [5.41, 5.74) is 6.35. The Balaban J connectivity index is 2.95. The average Bonchev–Trinajstić information content (AvgIpc) is 2.40. The van der Waals surface area contributed by atoms with Crippen molar-refractivity contribution in [3.63, 3.8) is 0 Å². The molecule has 0 saturated carbocycles. The van der Waals surface area contributed by atoms with Gasteiger partial charge in [-0.15, -0.1) is 0 Å². The van der Waals surface area contributed by atoms with Gasteiger partial charge >= 0.3 is 0 Å². The number of hydrogen-bond donors (Lipinski definition) is 0. The standard InChI is InChI=1S/C19H22/c1-6-8-16-10-9-14(5)18-15(7-2)11-12-17(13(3)4)19(16)18/h7,9-12H,2-3,6,8H2,1,4-5H3. The van der Waals surface area contributed by atoms with Gasteiger partial charge in [0.05, 0.1) is 0 Å². The first-order chi connectivity index (χ1) is 9.10. The number of fused-ring (bicyclic) bond motifs is 1. The Morgan fingerprint density at radius 2 is 1.89 bits per heavy atom. The highest BCUT2D eigenvalue weighted by Crippen LogP contribution is 2.33. The largest absolute Gasteiger partial charge is 0.0984 e. The number of hydrogen-bond acceptors (Lipinski definition) is 0. The van der Waals surface area contributed by atoms with Crippen molar-refractivity contribution in [2.24, 2.45) is 0 Å². The minimum absolute atomic E-state index is 1.11. The lowest BCUT2D eigenvalue weighted by molar-refractivity contribution is 0.929. The van der Waals surface area contributed by atoms with Crippen LogP contribution in [-0.2, 0) is 6.42 Å². The lowest BCUT2D eigenvalue weighted by Gasteiger charge is -2.15. The molecule has 0 aliphatic rings. The lowest BCUT2D eigenvalue weighted by Crippen LogP contribution is -1.95. The predicted molar refractivity (Wildman–Crippen MR) is 87.5 cm³/mol. The molecule has 0 atom stereocenters. The second-order valence-electron chi connectivity index (χ2n) is 5.23. The van der Waals surface area contributed by atoms with Gasteiger partial charge in [0.1, 0.15) is 0 Å². The fourth-order valence-electron chi connectivity index (χ4n) is 2.77. The molecular weight excluding hydrogens is 228 g/mol. The minimum Gasteiger partial charge on any atom is -0.0984 e. The summed E-state index contributed by atoms with van der Waals surface area (Å²) in [4.78, 5) is 0. The Bertz CT molecular complexity index is 645. The van der Waals surface area contributed by atoms with Crippen molar-refractivity contribution >= 4 is 22.4 Å². The summed E-state index contributed by atoms with van der Waals surface area (Å²) in [5.74, 6) is 0. The fourth-order valence-corrected chi connectivity index (χ4v) is 2.77. The van der Waals surface area contributed by atoms with Crippen molar-refractivity contribution in [3.05, 3.63) is 59.7 Å². The van der Waals surface area contributed by atoms with Crippen LogP contribution in [0, 0.1) is 6.92 Å². The zero-order chi connectivity index (χ0) is 14.0. The van der Waals surface area contributed by atoms with Crippen LogP contribution in [0.4, 0.5) is 0 Å². The van der Waals surface area contributed by atoms with E-state index in [-0.39, 0.29) is 0 Å². The van der Waals surface area contributed by atoms with Gasteiger partial charge in [0, 0.05) is 0 Å². The molecular formula is C19H22. The molecule has 0 bridgehead atoms. The normalized spacial score (nSPS) is 10.7. The zero-order valence-corrected chi connectivity index (χ0v) is 12.2. The van der Waals surface area contributed by atoms with Crippen LogP contribution in [0.2, 0.25) is 0 Å². The van der Waals surface area contributed by atoms with Crippen LogP contribution < -0.4 is 0 Å². The van der Waals surface area contributed by atoms with E-state index in [1.54, 1.807) is 0 Å². The van der Waals surface area contributed by atoms with Crippen molar-refractivity contribution in [3.8, 4) is 0 Å². The minimum atomic E-state index is 1.11. The monoisotopic (exact) mass is 250 g/mol. The third kappa shape index (κ3) is 2.35. The van der Waals surface area contributed by atoms with E-state index >= 15 is 0 Å². The summed E-state index contributed by atoms with van der Waals surface area (Å²) in [5, 5.41) is 2.70. The highest BCUT2D eigenvalue weighted by Gasteiger charge is 2.11. The molecule has 0 fully saturated rings. The predicted octanol–water partition coefficient (Wildman–Crippen LogP) is 5.78. The van der Waals surface area contributed by atoms with E-state index in [0.717, 1.165) is 18.4 Å². The van der Waals surface area contributed by atoms with Gasteiger partial charge in [0.25, 0.3) is 0 Å². The molecule has 0 radical (unpaired) electrons. The zero-order valence-electron chi connectivity index (χ0n) is 12.2. The fraction of sp³-hybridized carbons (Fsp3) is 0.263. The maximum absolute atomic E-state index is 4.14. The van der Waals surface area contributed by atoms with Gasteiger partial charge in [-0.1, -0.05) is 62.4 Å². The molecule has 2 aromatic rings.